The van der Waals surface area contributed by atoms with Gasteiger partial charge in [-0.25, -0.2) is 0 Å². The molecule has 0 aliphatic carbocycles. The Morgan fingerprint density at radius 3 is 2.71 bits per heavy atom. The van der Waals surface area contributed by atoms with E-state index in [2.05, 4.69) is 5.32 Å². The van der Waals surface area contributed by atoms with E-state index in [0.29, 0.717) is 0 Å². The van der Waals surface area contributed by atoms with E-state index in [1.54, 1.807) is 0 Å². The summed E-state index contributed by atoms with van der Waals surface area (Å²) >= 11 is 4.97. The molecule has 1 amide bonds. The number of hydrogen-bond acceptors (Lipinski definition) is 3. The van der Waals surface area contributed by atoms with Gasteiger partial charge in [0.25, 0.3) is 0 Å². The second kappa shape index (κ2) is 4.01. The van der Waals surface area contributed by atoms with Gasteiger partial charge in [-0.3, -0.25) is 14.9 Å². The highest BCUT2D eigenvalue weighted by Crippen LogP contribution is 2.21. The minimum atomic E-state index is -0.970. The van der Waals surface area contributed by atoms with Gasteiger partial charge in [-0.2, -0.15) is 4.39 Å². The summed E-state index contributed by atoms with van der Waals surface area (Å²) in [6.45, 7) is 0. The molecule has 0 aliphatic heterocycles. The molecule has 1 aromatic rings. The van der Waals surface area contributed by atoms with E-state index in [1.807, 2.05) is 0 Å². The predicted molar refractivity (Wildman–Crippen MR) is 47.9 cm³/mol. The molecule has 0 fully saturated rings. The van der Waals surface area contributed by atoms with Crippen molar-refractivity contribution in [2.24, 2.45) is 0 Å². The minimum absolute atomic E-state index is 0.0677. The maximum Gasteiger partial charge on any atom is 0.318 e. The quantitative estimate of drug-likeness (QED) is 0.359. The Morgan fingerprint density at radius 1 is 1.57 bits per heavy atom. The number of rotatable bonds is 2. The van der Waals surface area contributed by atoms with Crippen LogP contribution < -0.4 is 5.32 Å². The molecule has 0 heterocycles. The number of halogens is 2. The van der Waals surface area contributed by atoms with E-state index >= 15 is 0 Å². The molecule has 1 aromatic carbocycles. The summed E-state index contributed by atoms with van der Waals surface area (Å²) in [6.07, 6.45) is 0. The fraction of sp³-hybridized carbons (Fsp3) is 0. The molecule has 7 heteroatoms. The third kappa shape index (κ3) is 2.40. The number of benzene rings is 1. The lowest BCUT2D eigenvalue weighted by molar-refractivity contribution is -0.387. The molecule has 5 nitrogen and oxygen atoms in total. The minimum Gasteiger partial charge on any atom is -0.312 e. The highest BCUT2D eigenvalue weighted by molar-refractivity contribution is 6.65. The number of hydrogen-bond donors (Lipinski definition) is 1. The average Bonchev–Trinajstić information content (AvgIpc) is 2.07. The lowest BCUT2D eigenvalue weighted by Gasteiger charge is -2.00. The fourth-order valence-corrected chi connectivity index (χ4v) is 0.953. The summed E-state index contributed by atoms with van der Waals surface area (Å²) < 4.78 is 12.8. The number of carbonyl (C=O) groups excluding carboxylic acids is 1. The number of nitro benzene ring substituents is 1. The van der Waals surface area contributed by atoms with Gasteiger partial charge < -0.3 is 5.32 Å². The normalized spacial score (nSPS) is 9.57. The van der Waals surface area contributed by atoms with Crippen molar-refractivity contribution in [2.75, 3.05) is 5.32 Å². The summed E-state index contributed by atoms with van der Waals surface area (Å²) in [6, 6.07) is 2.93. The standard InChI is InChI=1S/C7H4ClFN2O3/c8-7(12)10-4-1-2-5(9)6(3-4)11(13)14/h1-3H,(H,10,12). The van der Waals surface area contributed by atoms with Crippen LogP contribution in [0.25, 0.3) is 0 Å². The Balaban J connectivity index is 3.06. The van der Waals surface area contributed by atoms with E-state index in [4.69, 9.17) is 11.6 Å². The molecular formula is C7H4ClFN2O3. The van der Waals surface area contributed by atoms with Crippen LogP contribution in [-0.2, 0) is 0 Å². The Labute approximate surface area is 82.6 Å². The first-order valence-corrected chi connectivity index (χ1v) is 3.79. The highest BCUT2D eigenvalue weighted by atomic mass is 35.5. The van der Waals surface area contributed by atoms with Gasteiger partial charge in [0.05, 0.1) is 4.92 Å². The van der Waals surface area contributed by atoms with Gasteiger partial charge in [-0.1, -0.05) is 0 Å². The maximum absolute atomic E-state index is 12.8. The summed E-state index contributed by atoms with van der Waals surface area (Å²) in [7, 11) is 0. The van der Waals surface area contributed by atoms with E-state index in [-0.39, 0.29) is 5.69 Å². The van der Waals surface area contributed by atoms with Gasteiger partial charge in [0, 0.05) is 11.8 Å². The van der Waals surface area contributed by atoms with Crippen LogP contribution in [0, 0.1) is 15.9 Å². The number of nitrogens with zero attached hydrogens (tertiary/aromatic N) is 1. The van der Waals surface area contributed by atoms with Gasteiger partial charge in [0.1, 0.15) is 0 Å². The third-order valence-electron chi connectivity index (χ3n) is 1.39. The van der Waals surface area contributed by atoms with Crippen molar-refractivity contribution in [1.29, 1.82) is 0 Å². The van der Waals surface area contributed by atoms with Crippen molar-refractivity contribution in [3.63, 3.8) is 0 Å². The van der Waals surface area contributed by atoms with Crippen molar-refractivity contribution in [3.05, 3.63) is 34.1 Å². The molecule has 0 bridgehead atoms. The number of nitrogens with one attached hydrogen (secondary N) is 1. The number of carbonyl (C=O) groups is 1. The molecular weight excluding hydrogens is 215 g/mol. The van der Waals surface area contributed by atoms with Gasteiger partial charge in [0.2, 0.25) is 5.82 Å². The average molecular weight is 219 g/mol. The number of nitro groups is 1. The largest absolute Gasteiger partial charge is 0.318 e. The summed E-state index contributed by atoms with van der Waals surface area (Å²) in [5.41, 5.74) is -0.647. The van der Waals surface area contributed by atoms with Crippen LogP contribution >= 0.6 is 11.6 Å². The first-order chi connectivity index (χ1) is 6.50. The predicted octanol–water partition coefficient (Wildman–Crippen LogP) is 2.50. The molecule has 0 saturated carbocycles. The SMILES string of the molecule is O=C(Cl)Nc1ccc(F)c([N+](=O)[O-])c1. The van der Waals surface area contributed by atoms with Crippen LogP contribution in [0.15, 0.2) is 18.2 Å². The van der Waals surface area contributed by atoms with Crippen LogP contribution in [0.4, 0.5) is 20.6 Å². The first kappa shape index (κ1) is 10.4. The van der Waals surface area contributed by atoms with Crippen LogP contribution in [0.2, 0.25) is 0 Å². The first-order valence-electron chi connectivity index (χ1n) is 3.41. The molecule has 14 heavy (non-hydrogen) atoms. The molecule has 0 spiro atoms. The lowest BCUT2D eigenvalue weighted by Crippen LogP contribution is -2.02. The highest BCUT2D eigenvalue weighted by Gasteiger charge is 2.14. The lowest BCUT2D eigenvalue weighted by atomic mass is 10.2. The molecule has 0 atom stereocenters. The summed E-state index contributed by atoms with van der Waals surface area (Å²) in [5, 5.41) is 11.5. The fourth-order valence-electron chi connectivity index (χ4n) is 0.844. The van der Waals surface area contributed by atoms with Gasteiger partial charge in [-0.05, 0) is 23.7 Å². The van der Waals surface area contributed by atoms with Crippen molar-refractivity contribution in [3.8, 4) is 0 Å². The molecule has 0 unspecified atom stereocenters. The summed E-state index contributed by atoms with van der Waals surface area (Å²) in [5.74, 6) is -0.970. The van der Waals surface area contributed by atoms with Crippen LogP contribution in [0.5, 0.6) is 0 Å². The van der Waals surface area contributed by atoms with E-state index < -0.39 is 21.8 Å². The Kier molecular flexibility index (Phi) is 2.98. The van der Waals surface area contributed by atoms with Crippen molar-refractivity contribution >= 4 is 28.3 Å². The molecule has 0 saturated heterocycles. The zero-order chi connectivity index (χ0) is 10.7. The van der Waals surface area contributed by atoms with Crippen molar-refractivity contribution < 1.29 is 14.1 Å². The summed E-state index contributed by atoms with van der Waals surface area (Å²) in [4.78, 5) is 19.8. The van der Waals surface area contributed by atoms with Crippen molar-refractivity contribution in [1.82, 2.24) is 0 Å². The second-order valence-electron chi connectivity index (χ2n) is 2.32. The molecule has 0 aromatic heterocycles. The second-order valence-corrected chi connectivity index (χ2v) is 2.67. The smallest absolute Gasteiger partial charge is 0.312 e. The van der Waals surface area contributed by atoms with E-state index in [1.165, 1.54) is 6.07 Å². The zero-order valence-corrected chi connectivity index (χ0v) is 7.42. The number of anilines is 1. The Bertz CT molecular complexity index is 397. The van der Waals surface area contributed by atoms with E-state index in [9.17, 15) is 19.3 Å². The van der Waals surface area contributed by atoms with E-state index in [0.717, 1.165) is 12.1 Å². The Morgan fingerprint density at radius 2 is 2.21 bits per heavy atom. The van der Waals surface area contributed by atoms with Gasteiger partial charge in [-0.15, -0.1) is 0 Å². The maximum atomic E-state index is 12.8. The molecule has 0 aliphatic rings. The van der Waals surface area contributed by atoms with Crippen LogP contribution in [0.1, 0.15) is 0 Å². The number of amides is 1. The zero-order valence-electron chi connectivity index (χ0n) is 6.66. The van der Waals surface area contributed by atoms with Crippen molar-refractivity contribution in [2.45, 2.75) is 0 Å². The topological polar surface area (TPSA) is 72.2 Å². The molecule has 1 rings (SSSR count). The monoisotopic (exact) mass is 218 g/mol. The van der Waals surface area contributed by atoms with Crippen LogP contribution in [-0.4, -0.2) is 10.3 Å². The molecule has 74 valence electrons. The molecule has 0 radical (unpaired) electrons. The van der Waals surface area contributed by atoms with Gasteiger partial charge in [0.15, 0.2) is 0 Å². The molecule has 1 N–H and O–H groups in total. The van der Waals surface area contributed by atoms with Gasteiger partial charge >= 0.3 is 11.1 Å². The Hall–Kier alpha value is -1.69. The third-order valence-corrected chi connectivity index (χ3v) is 1.48. The van der Waals surface area contributed by atoms with Crippen LogP contribution in [0.3, 0.4) is 0 Å².